The summed E-state index contributed by atoms with van der Waals surface area (Å²) in [5, 5.41) is 7.61. The third kappa shape index (κ3) is 6.32. The Morgan fingerprint density at radius 1 is 1.29 bits per heavy atom. The van der Waals surface area contributed by atoms with E-state index in [4.69, 9.17) is 4.74 Å². The molecule has 2 fully saturated rings. The Morgan fingerprint density at radius 3 is 2.64 bits per heavy atom. The number of piperidine rings is 1. The first-order chi connectivity index (χ1) is 13.1. The lowest BCUT2D eigenvalue weighted by molar-refractivity contribution is 0.0351. The largest absolute Gasteiger partial charge is 0.381 e. The zero-order chi connectivity index (χ0) is 19.1. The van der Waals surface area contributed by atoms with E-state index in [0.717, 1.165) is 57.6 Å². The van der Waals surface area contributed by atoms with Gasteiger partial charge in [0.1, 0.15) is 0 Å². The maximum absolute atomic E-state index is 5.67. The fraction of sp³-hybridized carbons (Fsp3) is 0.682. The highest BCUT2D eigenvalue weighted by Crippen LogP contribution is 2.25. The van der Waals surface area contributed by atoms with Crippen LogP contribution in [0.3, 0.4) is 0 Å². The molecule has 0 saturated carbocycles. The van der Waals surface area contributed by atoms with Gasteiger partial charge in [-0.15, -0.1) is 24.0 Å². The first kappa shape index (κ1) is 23.4. The molecule has 2 heterocycles. The standard InChI is InChI=1S/C22H36N4O.HI/c1-18-8-7-13-26(16-18)21(23-3)24-17-22(11-14-27-15-12-22)25-19(2)20-9-5-4-6-10-20;/h4-6,9-10,18-19,25H,7-8,11-17H2,1-3H3,(H,23,24);1H. The van der Waals surface area contributed by atoms with Gasteiger partial charge >= 0.3 is 0 Å². The van der Waals surface area contributed by atoms with E-state index in [2.05, 4.69) is 64.7 Å². The first-order valence-electron chi connectivity index (χ1n) is 10.5. The second kappa shape index (κ2) is 11.4. The minimum absolute atomic E-state index is 0. The van der Waals surface area contributed by atoms with E-state index in [1.165, 1.54) is 18.4 Å². The summed E-state index contributed by atoms with van der Waals surface area (Å²) in [5.41, 5.74) is 1.36. The fourth-order valence-electron chi connectivity index (χ4n) is 4.38. The van der Waals surface area contributed by atoms with Gasteiger partial charge in [0.2, 0.25) is 0 Å². The lowest BCUT2D eigenvalue weighted by Gasteiger charge is -2.42. The molecule has 28 heavy (non-hydrogen) atoms. The van der Waals surface area contributed by atoms with Crippen molar-refractivity contribution >= 4 is 29.9 Å². The molecule has 2 aliphatic heterocycles. The van der Waals surface area contributed by atoms with E-state index in [0.29, 0.717) is 6.04 Å². The predicted octanol–water partition coefficient (Wildman–Crippen LogP) is 3.81. The van der Waals surface area contributed by atoms with Gasteiger partial charge in [-0.1, -0.05) is 37.3 Å². The average molecular weight is 500 g/mol. The van der Waals surface area contributed by atoms with Gasteiger partial charge in [-0.2, -0.15) is 0 Å². The van der Waals surface area contributed by atoms with Crippen molar-refractivity contribution in [3.8, 4) is 0 Å². The molecule has 0 aromatic heterocycles. The van der Waals surface area contributed by atoms with E-state index in [1.54, 1.807) is 0 Å². The van der Waals surface area contributed by atoms with E-state index in [-0.39, 0.29) is 29.5 Å². The molecule has 2 unspecified atom stereocenters. The van der Waals surface area contributed by atoms with Crippen LogP contribution in [0.5, 0.6) is 0 Å². The Hall–Kier alpha value is -0.860. The smallest absolute Gasteiger partial charge is 0.193 e. The number of hydrogen-bond donors (Lipinski definition) is 2. The number of hydrogen-bond acceptors (Lipinski definition) is 3. The lowest BCUT2D eigenvalue weighted by Crippen LogP contribution is -2.59. The monoisotopic (exact) mass is 500 g/mol. The molecule has 0 aliphatic carbocycles. The van der Waals surface area contributed by atoms with Gasteiger partial charge in [0.15, 0.2) is 5.96 Å². The summed E-state index contributed by atoms with van der Waals surface area (Å²) in [4.78, 5) is 6.99. The molecule has 0 amide bonds. The van der Waals surface area contributed by atoms with Gasteiger partial charge in [-0.25, -0.2) is 0 Å². The summed E-state index contributed by atoms with van der Waals surface area (Å²) in [6, 6.07) is 11.0. The van der Waals surface area contributed by atoms with E-state index >= 15 is 0 Å². The Labute approximate surface area is 187 Å². The minimum Gasteiger partial charge on any atom is -0.381 e. The van der Waals surface area contributed by atoms with Gasteiger partial charge in [0.25, 0.3) is 0 Å². The molecular weight excluding hydrogens is 463 g/mol. The Bertz CT molecular complexity index is 604. The molecule has 158 valence electrons. The molecule has 0 radical (unpaired) electrons. The molecule has 2 saturated heterocycles. The molecule has 3 rings (SSSR count). The summed E-state index contributed by atoms with van der Waals surface area (Å²) in [6.07, 6.45) is 4.62. The number of likely N-dealkylation sites (tertiary alicyclic amines) is 1. The van der Waals surface area contributed by atoms with Gasteiger partial charge in [-0.05, 0) is 44.1 Å². The van der Waals surface area contributed by atoms with E-state index in [1.807, 2.05) is 7.05 Å². The maximum Gasteiger partial charge on any atom is 0.193 e. The van der Waals surface area contributed by atoms with Gasteiger partial charge < -0.3 is 20.3 Å². The van der Waals surface area contributed by atoms with Crippen molar-refractivity contribution in [3.63, 3.8) is 0 Å². The van der Waals surface area contributed by atoms with Crippen LogP contribution in [-0.2, 0) is 4.74 Å². The molecule has 0 bridgehead atoms. The van der Waals surface area contributed by atoms with Crippen LogP contribution in [0.1, 0.15) is 51.1 Å². The van der Waals surface area contributed by atoms with Crippen molar-refractivity contribution in [3.05, 3.63) is 35.9 Å². The van der Waals surface area contributed by atoms with E-state index < -0.39 is 0 Å². The van der Waals surface area contributed by atoms with Gasteiger partial charge in [0.05, 0.1) is 0 Å². The second-order valence-corrected chi connectivity index (χ2v) is 8.26. The number of nitrogens with zero attached hydrogens (tertiary/aromatic N) is 2. The fourth-order valence-corrected chi connectivity index (χ4v) is 4.38. The maximum atomic E-state index is 5.67. The van der Waals surface area contributed by atoms with Crippen molar-refractivity contribution < 1.29 is 4.74 Å². The number of rotatable bonds is 5. The predicted molar refractivity (Wildman–Crippen MR) is 128 cm³/mol. The van der Waals surface area contributed by atoms with Crippen LogP contribution < -0.4 is 10.6 Å². The number of guanidine groups is 1. The topological polar surface area (TPSA) is 48.9 Å². The van der Waals surface area contributed by atoms with Crippen LogP contribution in [0.25, 0.3) is 0 Å². The van der Waals surface area contributed by atoms with Crippen molar-refractivity contribution in [1.82, 2.24) is 15.5 Å². The van der Waals surface area contributed by atoms with Crippen molar-refractivity contribution in [1.29, 1.82) is 0 Å². The first-order valence-corrected chi connectivity index (χ1v) is 10.5. The third-order valence-electron chi connectivity index (χ3n) is 6.03. The van der Waals surface area contributed by atoms with Crippen LogP contribution in [-0.4, -0.2) is 56.3 Å². The van der Waals surface area contributed by atoms with Crippen LogP contribution in [0.2, 0.25) is 0 Å². The highest BCUT2D eigenvalue weighted by atomic mass is 127. The van der Waals surface area contributed by atoms with Crippen LogP contribution >= 0.6 is 24.0 Å². The number of benzene rings is 1. The molecule has 2 N–H and O–H groups in total. The average Bonchev–Trinajstić information content (AvgIpc) is 2.70. The molecule has 1 aromatic carbocycles. The normalized spacial score (nSPS) is 23.6. The summed E-state index contributed by atoms with van der Waals surface area (Å²) in [7, 11) is 1.90. The minimum atomic E-state index is 0. The quantitative estimate of drug-likeness (QED) is 0.367. The van der Waals surface area contributed by atoms with Crippen LogP contribution in [0, 0.1) is 5.92 Å². The number of aliphatic imine (C=N–C) groups is 1. The molecule has 1 aromatic rings. The number of halogens is 1. The number of nitrogens with one attached hydrogen (secondary N) is 2. The van der Waals surface area contributed by atoms with Crippen molar-refractivity contribution in [2.24, 2.45) is 10.9 Å². The SMILES string of the molecule is CN=C(NCC1(NC(C)c2ccccc2)CCOCC1)N1CCCC(C)C1.I. The highest BCUT2D eigenvalue weighted by Gasteiger charge is 2.34. The van der Waals surface area contributed by atoms with Gasteiger partial charge in [0, 0.05) is 51.5 Å². The molecule has 2 aliphatic rings. The third-order valence-corrected chi connectivity index (χ3v) is 6.03. The zero-order valence-corrected chi connectivity index (χ0v) is 19.9. The van der Waals surface area contributed by atoms with Gasteiger partial charge in [-0.3, -0.25) is 4.99 Å². The Morgan fingerprint density at radius 2 is 2.00 bits per heavy atom. The van der Waals surface area contributed by atoms with Crippen molar-refractivity contribution in [2.45, 2.75) is 51.1 Å². The lowest BCUT2D eigenvalue weighted by atomic mass is 9.88. The Kier molecular flexibility index (Phi) is 9.50. The highest BCUT2D eigenvalue weighted by molar-refractivity contribution is 14.0. The molecule has 0 spiro atoms. The summed E-state index contributed by atoms with van der Waals surface area (Å²) in [6.45, 7) is 9.31. The Balaban J connectivity index is 0.00000280. The molecule has 5 nitrogen and oxygen atoms in total. The summed E-state index contributed by atoms with van der Waals surface area (Å²) >= 11 is 0. The summed E-state index contributed by atoms with van der Waals surface area (Å²) in [5.74, 6) is 1.78. The second-order valence-electron chi connectivity index (χ2n) is 8.26. The zero-order valence-electron chi connectivity index (χ0n) is 17.6. The van der Waals surface area contributed by atoms with E-state index in [9.17, 15) is 0 Å². The molecule has 2 atom stereocenters. The molecule has 6 heteroatoms. The van der Waals surface area contributed by atoms with Crippen LogP contribution in [0.15, 0.2) is 35.3 Å². The molecular formula is C22H37IN4O. The number of ether oxygens (including phenoxy) is 1. The van der Waals surface area contributed by atoms with Crippen molar-refractivity contribution in [2.75, 3.05) is 39.9 Å². The summed E-state index contributed by atoms with van der Waals surface area (Å²) < 4.78 is 5.67. The van der Waals surface area contributed by atoms with Crippen LogP contribution in [0.4, 0.5) is 0 Å².